The van der Waals surface area contributed by atoms with Crippen LogP contribution < -0.4 is 10.6 Å². The van der Waals surface area contributed by atoms with Gasteiger partial charge in [0.25, 0.3) is 5.91 Å². The summed E-state index contributed by atoms with van der Waals surface area (Å²) in [6.07, 6.45) is 6.66. The number of rotatable bonds is 2. The third-order valence-electron chi connectivity index (χ3n) is 4.36. The number of nitrogens with one attached hydrogen (secondary N) is 2. The fourth-order valence-corrected chi connectivity index (χ4v) is 5.04. The Kier molecular flexibility index (Phi) is 6.41. The van der Waals surface area contributed by atoms with Crippen LogP contribution in [0.2, 0.25) is 0 Å². The third-order valence-corrected chi connectivity index (χ3v) is 6.46. The molecule has 1 aromatic carbocycles. The quantitative estimate of drug-likeness (QED) is 0.623. The van der Waals surface area contributed by atoms with Crippen molar-refractivity contribution in [3.8, 4) is 6.07 Å². The lowest BCUT2D eigenvalue weighted by molar-refractivity contribution is 0.0977. The Balaban J connectivity index is 1.75. The Hall–Kier alpha value is -1.75. The minimum Gasteiger partial charge on any atom is -0.323 e. The van der Waals surface area contributed by atoms with Crippen LogP contribution in [0.1, 0.15) is 52.0 Å². The Morgan fingerprint density at radius 2 is 1.92 bits per heavy atom. The fourth-order valence-electron chi connectivity index (χ4n) is 3.08. The van der Waals surface area contributed by atoms with Gasteiger partial charge >= 0.3 is 0 Å². The molecule has 4 nitrogen and oxygen atoms in total. The first-order valence-corrected chi connectivity index (χ1v) is 10.5. The van der Waals surface area contributed by atoms with Crippen LogP contribution in [0.25, 0.3) is 0 Å². The van der Waals surface area contributed by atoms with E-state index in [1.165, 1.54) is 17.7 Å². The third kappa shape index (κ3) is 4.32. The van der Waals surface area contributed by atoms with Crippen LogP contribution in [0.3, 0.4) is 0 Å². The number of hydrogen-bond donors (Lipinski definition) is 2. The molecule has 0 spiro atoms. The Labute approximate surface area is 170 Å². The van der Waals surface area contributed by atoms with Gasteiger partial charge in [0.1, 0.15) is 11.1 Å². The normalized spacial score (nSPS) is 13.7. The van der Waals surface area contributed by atoms with Crippen molar-refractivity contribution in [2.75, 3.05) is 5.32 Å². The maximum absolute atomic E-state index is 12.4. The van der Waals surface area contributed by atoms with E-state index in [0.717, 1.165) is 36.2 Å². The number of benzene rings is 1. The predicted octanol–water partition coefficient (Wildman–Crippen LogP) is 5.17. The summed E-state index contributed by atoms with van der Waals surface area (Å²) in [5.41, 5.74) is 2.33. The summed E-state index contributed by atoms with van der Waals surface area (Å²) >= 11 is 10.2. The van der Waals surface area contributed by atoms with Gasteiger partial charge in [0.15, 0.2) is 5.11 Å². The SMILES string of the molecule is N#Cc1c(NC(=S)NC(=O)c2ccccc2Br)sc2c1CCCCCC2. The van der Waals surface area contributed by atoms with Gasteiger partial charge in [-0.25, -0.2) is 0 Å². The average Bonchev–Trinajstić information content (AvgIpc) is 2.90. The second-order valence-electron chi connectivity index (χ2n) is 6.12. The topological polar surface area (TPSA) is 64.9 Å². The Morgan fingerprint density at radius 3 is 2.65 bits per heavy atom. The Bertz CT molecular complexity index is 885. The maximum atomic E-state index is 12.4. The van der Waals surface area contributed by atoms with Crippen molar-refractivity contribution >= 4 is 55.5 Å². The molecule has 0 unspecified atom stereocenters. The van der Waals surface area contributed by atoms with Gasteiger partial charge in [-0.15, -0.1) is 11.3 Å². The van der Waals surface area contributed by atoms with Gasteiger partial charge in [-0.1, -0.05) is 25.0 Å². The first-order chi connectivity index (χ1) is 12.6. The lowest BCUT2D eigenvalue weighted by Crippen LogP contribution is -2.34. The number of thiophene rings is 1. The molecular weight excluding hydrogens is 430 g/mol. The zero-order chi connectivity index (χ0) is 18.5. The molecule has 1 heterocycles. The highest BCUT2D eigenvalue weighted by Crippen LogP contribution is 2.36. The van der Waals surface area contributed by atoms with E-state index in [1.807, 2.05) is 6.07 Å². The Morgan fingerprint density at radius 1 is 1.19 bits per heavy atom. The molecule has 0 atom stereocenters. The van der Waals surface area contributed by atoms with Crippen LogP contribution >= 0.6 is 39.5 Å². The molecule has 0 radical (unpaired) electrons. The van der Waals surface area contributed by atoms with Crippen molar-refractivity contribution < 1.29 is 4.79 Å². The van der Waals surface area contributed by atoms with E-state index in [9.17, 15) is 10.1 Å². The molecule has 1 aromatic heterocycles. The number of aryl methyl sites for hydroxylation is 1. The summed E-state index contributed by atoms with van der Waals surface area (Å²) < 4.78 is 0.706. The summed E-state index contributed by atoms with van der Waals surface area (Å²) in [5, 5.41) is 16.3. The van der Waals surface area contributed by atoms with E-state index in [4.69, 9.17) is 12.2 Å². The molecule has 1 aliphatic rings. The molecule has 2 N–H and O–H groups in total. The molecular formula is C19H18BrN3OS2. The summed E-state index contributed by atoms with van der Waals surface area (Å²) in [6.45, 7) is 0. The zero-order valence-corrected chi connectivity index (χ0v) is 17.3. The number of anilines is 1. The van der Waals surface area contributed by atoms with Crippen LogP contribution in [0, 0.1) is 11.3 Å². The summed E-state index contributed by atoms with van der Waals surface area (Å²) in [6, 6.07) is 9.49. The number of fused-ring (bicyclic) bond motifs is 1. The van der Waals surface area contributed by atoms with Crippen molar-refractivity contribution in [1.82, 2.24) is 5.32 Å². The zero-order valence-electron chi connectivity index (χ0n) is 14.1. The first kappa shape index (κ1) is 19.0. The summed E-state index contributed by atoms with van der Waals surface area (Å²) in [4.78, 5) is 13.6. The first-order valence-electron chi connectivity index (χ1n) is 8.51. The van der Waals surface area contributed by atoms with E-state index in [-0.39, 0.29) is 11.0 Å². The molecule has 7 heteroatoms. The monoisotopic (exact) mass is 447 g/mol. The minimum atomic E-state index is -0.289. The largest absolute Gasteiger partial charge is 0.323 e. The molecule has 1 aliphatic carbocycles. The standard InChI is InChI=1S/C19H18BrN3OS2/c20-15-9-6-5-8-13(15)17(24)22-19(25)23-18-14(11-21)12-7-3-1-2-4-10-16(12)26-18/h5-6,8-9H,1-4,7,10H2,(H2,22,23,24,25). The highest BCUT2D eigenvalue weighted by Gasteiger charge is 2.20. The highest BCUT2D eigenvalue weighted by atomic mass is 79.9. The van der Waals surface area contributed by atoms with Crippen molar-refractivity contribution in [2.45, 2.75) is 38.5 Å². The van der Waals surface area contributed by atoms with Crippen LogP contribution in [-0.4, -0.2) is 11.0 Å². The van der Waals surface area contributed by atoms with Crippen molar-refractivity contribution in [2.24, 2.45) is 0 Å². The molecule has 3 rings (SSSR count). The van der Waals surface area contributed by atoms with Crippen LogP contribution in [-0.2, 0) is 12.8 Å². The van der Waals surface area contributed by atoms with E-state index in [0.29, 0.717) is 15.6 Å². The van der Waals surface area contributed by atoms with Crippen molar-refractivity contribution in [3.05, 3.63) is 50.3 Å². The minimum absolute atomic E-state index is 0.205. The van der Waals surface area contributed by atoms with Crippen LogP contribution in [0.4, 0.5) is 5.00 Å². The molecule has 26 heavy (non-hydrogen) atoms. The predicted molar refractivity (Wildman–Crippen MR) is 113 cm³/mol. The number of nitriles is 1. The summed E-state index contributed by atoms with van der Waals surface area (Å²) in [5.74, 6) is -0.289. The molecule has 2 aromatic rings. The highest BCUT2D eigenvalue weighted by molar-refractivity contribution is 9.10. The number of carbonyl (C=O) groups excluding carboxylic acids is 1. The maximum Gasteiger partial charge on any atom is 0.258 e. The lowest BCUT2D eigenvalue weighted by atomic mass is 9.97. The number of halogens is 1. The molecule has 0 saturated carbocycles. The smallest absolute Gasteiger partial charge is 0.258 e. The average molecular weight is 448 g/mol. The van der Waals surface area contributed by atoms with Gasteiger partial charge in [-0.05, 0) is 71.5 Å². The fraction of sp³-hybridized carbons (Fsp3) is 0.316. The van der Waals surface area contributed by atoms with E-state index in [1.54, 1.807) is 29.5 Å². The van der Waals surface area contributed by atoms with Gasteiger partial charge in [0.2, 0.25) is 0 Å². The number of hydrogen-bond acceptors (Lipinski definition) is 4. The molecule has 0 aliphatic heterocycles. The van der Waals surface area contributed by atoms with Crippen LogP contribution in [0.5, 0.6) is 0 Å². The van der Waals surface area contributed by atoms with E-state index < -0.39 is 0 Å². The molecule has 1 amide bonds. The van der Waals surface area contributed by atoms with Crippen molar-refractivity contribution in [1.29, 1.82) is 5.26 Å². The molecule has 0 saturated heterocycles. The van der Waals surface area contributed by atoms with Crippen LogP contribution in [0.15, 0.2) is 28.7 Å². The lowest BCUT2D eigenvalue weighted by Gasteiger charge is -2.10. The second-order valence-corrected chi connectivity index (χ2v) is 8.49. The van der Waals surface area contributed by atoms with Gasteiger partial charge in [-0.3, -0.25) is 10.1 Å². The van der Waals surface area contributed by atoms with Gasteiger partial charge in [0, 0.05) is 9.35 Å². The number of carbonyl (C=O) groups is 1. The molecule has 0 fully saturated rings. The van der Waals surface area contributed by atoms with E-state index >= 15 is 0 Å². The number of nitrogens with zero attached hydrogens (tertiary/aromatic N) is 1. The van der Waals surface area contributed by atoms with Gasteiger partial charge in [-0.2, -0.15) is 5.26 Å². The second kappa shape index (κ2) is 8.76. The summed E-state index contributed by atoms with van der Waals surface area (Å²) in [7, 11) is 0. The van der Waals surface area contributed by atoms with Gasteiger partial charge in [0.05, 0.1) is 11.1 Å². The molecule has 0 bridgehead atoms. The molecule has 134 valence electrons. The van der Waals surface area contributed by atoms with Crippen molar-refractivity contribution in [3.63, 3.8) is 0 Å². The van der Waals surface area contributed by atoms with Gasteiger partial charge < -0.3 is 5.32 Å². The van der Waals surface area contributed by atoms with E-state index in [2.05, 4.69) is 32.6 Å². The number of amides is 1. The number of thiocarbonyl (C=S) groups is 1.